The van der Waals surface area contributed by atoms with Gasteiger partial charge in [0.25, 0.3) is 10.0 Å². The highest BCUT2D eigenvalue weighted by Gasteiger charge is 2.23. The third kappa shape index (κ3) is 4.69. The van der Waals surface area contributed by atoms with Crippen molar-refractivity contribution in [3.8, 4) is 11.1 Å². The van der Waals surface area contributed by atoms with Crippen LogP contribution in [0.5, 0.6) is 0 Å². The molecule has 0 atom stereocenters. The van der Waals surface area contributed by atoms with E-state index in [1.807, 2.05) is 30.3 Å². The average Bonchev–Trinajstić information content (AvgIpc) is 3.10. The quantitative estimate of drug-likeness (QED) is 0.646. The molecule has 3 rings (SSSR count). The lowest BCUT2D eigenvalue weighted by Gasteiger charge is -2.14. The fourth-order valence-electron chi connectivity index (χ4n) is 2.74. The summed E-state index contributed by atoms with van der Waals surface area (Å²) in [5.74, 6) is -0.521. The van der Waals surface area contributed by atoms with E-state index in [4.69, 9.17) is 0 Å². The highest BCUT2D eigenvalue weighted by Crippen LogP contribution is 2.29. The normalized spacial score (nSPS) is 11.4. The molecule has 1 amide bonds. The van der Waals surface area contributed by atoms with E-state index in [9.17, 15) is 17.6 Å². The molecule has 0 aliphatic carbocycles. The number of hydrogen-bond acceptors (Lipinski definition) is 5. The van der Waals surface area contributed by atoms with Gasteiger partial charge in [-0.15, -0.1) is 0 Å². The molecule has 29 heavy (non-hydrogen) atoms. The number of likely N-dealkylation sites (N-methyl/N-ethyl adjacent to an activating group) is 1. The number of rotatable bonds is 6. The molecule has 0 unspecified atom stereocenters. The zero-order valence-corrected chi connectivity index (χ0v) is 17.8. The van der Waals surface area contributed by atoms with Gasteiger partial charge in [-0.3, -0.25) is 9.69 Å². The third-order valence-corrected chi connectivity index (χ3v) is 7.64. The molecule has 2 aromatic carbocycles. The standard InChI is InChI=1S/C20H20FN3O3S2/c1-13-19(29(26,27)22-2)28-20(23-13)24(3)18(25)11-14-7-9-15(10-8-14)16-5-4-6-17(21)12-16/h4-10,12,22H,11H2,1-3H3. The monoisotopic (exact) mass is 433 g/mol. The van der Waals surface area contributed by atoms with E-state index in [0.717, 1.165) is 28.0 Å². The van der Waals surface area contributed by atoms with Gasteiger partial charge in [-0.2, -0.15) is 0 Å². The number of anilines is 1. The Bertz CT molecular complexity index is 1140. The summed E-state index contributed by atoms with van der Waals surface area (Å²) in [7, 11) is -0.722. The van der Waals surface area contributed by atoms with Crippen LogP contribution in [-0.2, 0) is 21.2 Å². The van der Waals surface area contributed by atoms with Crippen molar-refractivity contribution in [2.75, 3.05) is 19.0 Å². The highest BCUT2D eigenvalue weighted by molar-refractivity contribution is 7.91. The van der Waals surface area contributed by atoms with Crippen LogP contribution in [0.3, 0.4) is 0 Å². The Hall–Kier alpha value is -2.62. The second-order valence-corrected chi connectivity index (χ2v) is 9.47. The SMILES string of the molecule is CNS(=O)(=O)c1sc(N(C)C(=O)Cc2ccc(-c3cccc(F)c3)cc2)nc1C. The summed E-state index contributed by atoms with van der Waals surface area (Å²) in [6.07, 6.45) is 0.132. The first-order valence-electron chi connectivity index (χ1n) is 8.73. The number of sulfonamides is 1. The molecule has 0 fully saturated rings. The van der Waals surface area contributed by atoms with E-state index in [1.165, 1.54) is 24.1 Å². The number of nitrogens with one attached hydrogen (secondary N) is 1. The summed E-state index contributed by atoms with van der Waals surface area (Å²) < 4.78 is 39.8. The Balaban J connectivity index is 1.74. The number of amides is 1. The van der Waals surface area contributed by atoms with Crippen LogP contribution in [0.25, 0.3) is 11.1 Å². The van der Waals surface area contributed by atoms with Crippen LogP contribution in [0, 0.1) is 12.7 Å². The second kappa shape index (κ2) is 8.40. The number of aryl methyl sites for hydroxylation is 1. The summed E-state index contributed by atoms with van der Waals surface area (Å²) in [4.78, 5) is 18.2. The number of nitrogens with zero attached hydrogens (tertiary/aromatic N) is 2. The fourth-order valence-corrected chi connectivity index (χ4v) is 5.05. The molecule has 1 N–H and O–H groups in total. The fraction of sp³-hybridized carbons (Fsp3) is 0.200. The van der Waals surface area contributed by atoms with Gasteiger partial charge in [-0.05, 0) is 42.8 Å². The minimum Gasteiger partial charge on any atom is -0.291 e. The van der Waals surface area contributed by atoms with E-state index in [-0.39, 0.29) is 22.4 Å². The Morgan fingerprint density at radius 1 is 1.17 bits per heavy atom. The molecular formula is C20H20FN3O3S2. The van der Waals surface area contributed by atoms with Gasteiger partial charge in [0, 0.05) is 7.05 Å². The van der Waals surface area contributed by atoms with Crippen LogP contribution >= 0.6 is 11.3 Å². The summed E-state index contributed by atoms with van der Waals surface area (Å²) in [5, 5.41) is 0.317. The van der Waals surface area contributed by atoms with Crippen molar-refractivity contribution in [1.82, 2.24) is 9.71 Å². The van der Waals surface area contributed by atoms with E-state index < -0.39 is 10.0 Å². The molecule has 9 heteroatoms. The first-order chi connectivity index (χ1) is 13.7. The third-order valence-electron chi connectivity index (χ3n) is 4.38. The number of carbonyl (C=O) groups is 1. The van der Waals surface area contributed by atoms with Gasteiger partial charge in [0.1, 0.15) is 5.82 Å². The minimum atomic E-state index is -3.62. The molecule has 152 valence electrons. The number of halogens is 1. The van der Waals surface area contributed by atoms with Crippen LogP contribution in [-0.4, -0.2) is 33.4 Å². The van der Waals surface area contributed by atoms with E-state index in [1.54, 1.807) is 20.0 Å². The lowest BCUT2D eigenvalue weighted by atomic mass is 10.0. The molecule has 6 nitrogen and oxygen atoms in total. The summed E-state index contributed by atoms with van der Waals surface area (Å²) in [5.41, 5.74) is 2.75. The van der Waals surface area contributed by atoms with Crippen molar-refractivity contribution >= 4 is 32.4 Å². The van der Waals surface area contributed by atoms with Gasteiger partial charge in [0.05, 0.1) is 12.1 Å². The largest absolute Gasteiger partial charge is 0.291 e. The zero-order valence-electron chi connectivity index (χ0n) is 16.1. The number of benzene rings is 2. The van der Waals surface area contributed by atoms with Crippen molar-refractivity contribution in [1.29, 1.82) is 0 Å². The molecule has 0 aliphatic heterocycles. The summed E-state index contributed by atoms with van der Waals surface area (Å²) in [6.45, 7) is 1.59. The van der Waals surface area contributed by atoms with E-state index in [0.29, 0.717) is 10.8 Å². The van der Waals surface area contributed by atoms with Crippen LogP contribution in [0.2, 0.25) is 0 Å². The Kier molecular flexibility index (Phi) is 6.11. The number of carbonyl (C=O) groups excluding carboxylic acids is 1. The molecule has 0 saturated carbocycles. The topological polar surface area (TPSA) is 79.4 Å². The molecule has 1 aromatic heterocycles. The number of aromatic nitrogens is 1. The van der Waals surface area contributed by atoms with Gasteiger partial charge in [0.15, 0.2) is 9.34 Å². The Morgan fingerprint density at radius 2 is 1.86 bits per heavy atom. The maximum absolute atomic E-state index is 13.4. The van der Waals surface area contributed by atoms with Gasteiger partial charge in [0.2, 0.25) is 5.91 Å². The maximum atomic E-state index is 13.4. The number of hydrogen-bond donors (Lipinski definition) is 1. The van der Waals surface area contributed by atoms with Crippen molar-refractivity contribution in [3.05, 3.63) is 65.6 Å². The molecule has 3 aromatic rings. The van der Waals surface area contributed by atoms with E-state index in [2.05, 4.69) is 9.71 Å². The molecule has 0 aliphatic rings. The predicted octanol–water partition coefficient (Wildman–Crippen LogP) is 3.37. The Labute approximate surface area is 173 Å². The van der Waals surface area contributed by atoms with Crippen LogP contribution in [0.1, 0.15) is 11.3 Å². The summed E-state index contributed by atoms with van der Waals surface area (Å²) >= 11 is 0.947. The van der Waals surface area contributed by atoms with Gasteiger partial charge in [-0.25, -0.2) is 22.5 Å². The molecule has 1 heterocycles. The smallest absolute Gasteiger partial charge is 0.251 e. The molecule has 0 spiro atoms. The lowest BCUT2D eigenvalue weighted by Crippen LogP contribution is -2.27. The first kappa shape index (κ1) is 21.1. The summed E-state index contributed by atoms with van der Waals surface area (Å²) in [6, 6.07) is 13.6. The van der Waals surface area contributed by atoms with Crippen molar-refractivity contribution in [3.63, 3.8) is 0 Å². The van der Waals surface area contributed by atoms with Gasteiger partial charge < -0.3 is 0 Å². The molecule has 0 radical (unpaired) electrons. The van der Waals surface area contributed by atoms with Gasteiger partial charge in [-0.1, -0.05) is 47.7 Å². The maximum Gasteiger partial charge on any atom is 0.251 e. The molecule has 0 bridgehead atoms. The highest BCUT2D eigenvalue weighted by atomic mass is 32.2. The van der Waals surface area contributed by atoms with Crippen molar-refractivity contribution in [2.24, 2.45) is 0 Å². The minimum absolute atomic E-state index is 0.0918. The zero-order chi connectivity index (χ0) is 21.2. The molecule has 0 saturated heterocycles. The number of thiazole rings is 1. The van der Waals surface area contributed by atoms with Gasteiger partial charge >= 0.3 is 0 Å². The van der Waals surface area contributed by atoms with Crippen molar-refractivity contribution < 1.29 is 17.6 Å². The predicted molar refractivity (Wildman–Crippen MR) is 112 cm³/mol. The first-order valence-corrected chi connectivity index (χ1v) is 11.0. The molecular weight excluding hydrogens is 413 g/mol. The van der Waals surface area contributed by atoms with Crippen LogP contribution < -0.4 is 9.62 Å². The lowest BCUT2D eigenvalue weighted by molar-refractivity contribution is -0.117. The van der Waals surface area contributed by atoms with Crippen LogP contribution in [0.4, 0.5) is 9.52 Å². The van der Waals surface area contributed by atoms with Crippen LogP contribution in [0.15, 0.2) is 52.7 Å². The average molecular weight is 434 g/mol. The second-order valence-electron chi connectivity index (χ2n) is 6.41. The Morgan fingerprint density at radius 3 is 2.48 bits per heavy atom. The van der Waals surface area contributed by atoms with Crippen molar-refractivity contribution in [2.45, 2.75) is 17.6 Å². The van der Waals surface area contributed by atoms with E-state index >= 15 is 0 Å².